The van der Waals surface area contributed by atoms with Gasteiger partial charge in [0.15, 0.2) is 0 Å². The van der Waals surface area contributed by atoms with E-state index in [1.165, 1.54) is 18.2 Å². The SMILES string of the molecule is COc1cccc(NCC(=O)Nc2cccc([N+](=O)[O-])c2)c1. The fraction of sp³-hybridized carbons (Fsp3) is 0.133. The third-order valence-corrected chi connectivity index (χ3v) is 2.86. The number of benzene rings is 2. The number of nitrogens with zero attached hydrogens (tertiary/aromatic N) is 1. The van der Waals surface area contributed by atoms with E-state index in [1.54, 1.807) is 31.4 Å². The van der Waals surface area contributed by atoms with E-state index in [1.807, 2.05) is 6.07 Å². The highest BCUT2D eigenvalue weighted by atomic mass is 16.6. The number of anilines is 2. The Labute approximate surface area is 127 Å². The maximum absolute atomic E-state index is 11.8. The van der Waals surface area contributed by atoms with E-state index >= 15 is 0 Å². The number of ether oxygens (including phenoxy) is 1. The summed E-state index contributed by atoms with van der Waals surface area (Å²) in [6.07, 6.45) is 0. The first-order chi connectivity index (χ1) is 10.6. The van der Waals surface area contributed by atoms with Crippen LogP contribution in [0.5, 0.6) is 5.75 Å². The van der Waals surface area contributed by atoms with Crippen molar-refractivity contribution in [3.8, 4) is 5.75 Å². The first-order valence-electron chi connectivity index (χ1n) is 6.51. The molecule has 0 saturated carbocycles. The highest BCUT2D eigenvalue weighted by Crippen LogP contribution is 2.18. The van der Waals surface area contributed by atoms with E-state index in [-0.39, 0.29) is 18.1 Å². The van der Waals surface area contributed by atoms with Crippen molar-refractivity contribution in [2.75, 3.05) is 24.3 Å². The molecule has 7 heteroatoms. The number of rotatable bonds is 6. The van der Waals surface area contributed by atoms with Gasteiger partial charge in [0.25, 0.3) is 5.69 Å². The second-order valence-electron chi connectivity index (χ2n) is 4.44. The lowest BCUT2D eigenvalue weighted by atomic mass is 10.2. The number of nitro benzene ring substituents is 1. The standard InChI is InChI=1S/C15H15N3O4/c1-22-14-7-3-4-11(9-14)16-10-15(19)17-12-5-2-6-13(8-12)18(20)21/h2-9,16H,10H2,1H3,(H,17,19). The number of amides is 1. The van der Waals surface area contributed by atoms with E-state index in [0.717, 1.165) is 5.69 Å². The summed E-state index contributed by atoms with van der Waals surface area (Å²) < 4.78 is 5.09. The van der Waals surface area contributed by atoms with Gasteiger partial charge in [-0.3, -0.25) is 14.9 Å². The zero-order chi connectivity index (χ0) is 15.9. The molecule has 0 unspecified atom stereocenters. The molecule has 114 valence electrons. The summed E-state index contributed by atoms with van der Waals surface area (Å²) in [5.74, 6) is 0.382. The Hall–Kier alpha value is -3.09. The van der Waals surface area contributed by atoms with Crippen LogP contribution in [0.4, 0.5) is 17.1 Å². The summed E-state index contributed by atoms with van der Waals surface area (Å²) in [6.45, 7) is 0.0376. The van der Waals surface area contributed by atoms with Crippen molar-refractivity contribution in [1.82, 2.24) is 0 Å². The molecular weight excluding hydrogens is 286 g/mol. The maximum atomic E-state index is 11.8. The first-order valence-corrected chi connectivity index (χ1v) is 6.51. The van der Waals surface area contributed by atoms with E-state index in [4.69, 9.17) is 4.74 Å². The minimum Gasteiger partial charge on any atom is -0.497 e. The van der Waals surface area contributed by atoms with Crippen molar-refractivity contribution in [3.05, 3.63) is 58.6 Å². The van der Waals surface area contributed by atoms with Crippen LogP contribution in [0, 0.1) is 10.1 Å². The predicted octanol–water partition coefficient (Wildman–Crippen LogP) is 2.65. The second kappa shape index (κ2) is 7.07. The minimum atomic E-state index is -0.510. The Morgan fingerprint density at radius 2 is 1.91 bits per heavy atom. The fourth-order valence-corrected chi connectivity index (χ4v) is 1.82. The molecule has 7 nitrogen and oxygen atoms in total. The van der Waals surface area contributed by atoms with Gasteiger partial charge in [0, 0.05) is 29.6 Å². The maximum Gasteiger partial charge on any atom is 0.271 e. The number of hydrogen-bond donors (Lipinski definition) is 2. The molecule has 2 aromatic carbocycles. The fourth-order valence-electron chi connectivity index (χ4n) is 1.82. The smallest absolute Gasteiger partial charge is 0.271 e. The summed E-state index contributed by atoms with van der Waals surface area (Å²) in [5.41, 5.74) is 1.05. The molecule has 0 aliphatic heterocycles. The lowest BCUT2D eigenvalue weighted by molar-refractivity contribution is -0.384. The number of nitrogens with one attached hydrogen (secondary N) is 2. The van der Waals surface area contributed by atoms with Crippen molar-refractivity contribution in [2.24, 2.45) is 0 Å². The van der Waals surface area contributed by atoms with Crippen LogP contribution in [-0.2, 0) is 4.79 Å². The van der Waals surface area contributed by atoms with Gasteiger partial charge in [0.05, 0.1) is 18.6 Å². The van der Waals surface area contributed by atoms with Crippen molar-refractivity contribution < 1.29 is 14.5 Å². The van der Waals surface area contributed by atoms with Gasteiger partial charge in [-0.2, -0.15) is 0 Å². The number of hydrogen-bond acceptors (Lipinski definition) is 5. The summed E-state index contributed by atoms with van der Waals surface area (Å²) >= 11 is 0. The van der Waals surface area contributed by atoms with Crippen LogP contribution in [0.1, 0.15) is 0 Å². The minimum absolute atomic E-state index is 0.0376. The topological polar surface area (TPSA) is 93.5 Å². The number of non-ortho nitro benzene ring substituents is 1. The van der Waals surface area contributed by atoms with Crippen molar-refractivity contribution in [2.45, 2.75) is 0 Å². The molecule has 1 amide bonds. The van der Waals surface area contributed by atoms with E-state index in [0.29, 0.717) is 11.4 Å². The molecule has 2 rings (SSSR count). The molecule has 0 bridgehead atoms. The largest absolute Gasteiger partial charge is 0.497 e. The lowest BCUT2D eigenvalue weighted by Crippen LogP contribution is -2.21. The van der Waals surface area contributed by atoms with Gasteiger partial charge in [-0.05, 0) is 18.2 Å². The Morgan fingerprint density at radius 3 is 2.64 bits per heavy atom. The van der Waals surface area contributed by atoms with Crippen LogP contribution in [0.15, 0.2) is 48.5 Å². The van der Waals surface area contributed by atoms with Gasteiger partial charge in [-0.25, -0.2) is 0 Å². The average molecular weight is 301 g/mol. The predicted molar refractivity (Wildman–Crippen MR) is 83.2 cm³/mol. The highest BCUT2D eigenvalue weighted by molar-refractivity contribution is 5.94. The van der Waals surface area contributed by atoms with Gasteiger partial charge in [-0.15, -0.1) is 0 Å². The van der Waals surface area contributed by atoms with Crippen molar-refractivity contribution in [1.29, 1.82) is 0 Å². The zero-order valence-corrected chi connectivity index (χ0v) is 11.9. The van der Waals surface area contributed by atoms with Crippen LogP contribution in [0.3, 0.4) is 0 Å². The third-order valence-electron chi connectivity index (χ3n) is 2.86. The summed E-state index contributed by atoms with van der Waals surface area (Å²) in [7, 11) is 1.56. The molecular formula is C15H15N3O4. The van der Waals surface area contributed by atoms with E-state index in [9.17, 15) is 14.9 Å². The van der Waals surface area contributed by atoms with Gasteiger partial charge in [-0.1, -0.05) is 12.1 Å². The zero-order valence-electron chi connectivity index (χ0n) is 11.9. The molecule has 0 aliphatic rings. The van der Waals surface area contributed by atoms with E-state index < -0.39 is 4.92 Å². The van der Waals surface area contributed by atoms with Gasteiger partial charge >= 0.3 is 0 Å². The number of carbonyl (C=O) groups excluding carboxylic acids is 1. The van der Waals surface area contributed by atoms with Gasteiger partial charge in [0.2, 0.25) is 5.91 Å². The molecule has 0 aliphatic carbocycles. The summed E-state index contributed by atoms with van der Waals surface area (Å²) in [6, 6.07) is 13.0. The molecule has 2 aromatic rings. The Balaban J connectivity index is 1.92. The molecule has 0 aromatic heterocycles. The van der Waals surface area contributed by atoms with Crippen LogP contribution >= 0.6 is 0 Å². The van der Waals surface area contributed by atoms with Gasteiger partial charge < -0.3 is 15.4 Å². The molecule has 0 heterocycles. The normalized spacial score (nSPS) is 9.86. The molecule has 0 radical (unpaired) electrons. The van der Waals surface area contributed by atoms with Gasteiger partial charge in [0.1, 0.15) is 5.75 Å². The molecule has 22 heavy (non-hydrogen) atoms. The van der Waals surface area contributed by atoms with E-state index in [2.05, 4.69) is 10.6 Å². The quantitative estimate of drug-likeness (QED) is 0.632. The van der Waals surface area contributed by atoms with Crippen molar-refractivity contribution >= 4 is 23.0 Å². The Kier molecular flexibility index (Phi) is 4.92. The first kappa shape index (κ1) is 15.3. The second-order valence-corrected chi connectivity index (χ2v) is 4.44. The number of methoxy groups -OCH3 is 1. The Morgan fingerprint density at radius 1 is 1.18 bits per heavy atom. The average Bonchev–Trinajstić information content (AvgIpc) is 2.53. The molecule has 0 saturated heterocycles. The summed E-state index contributed by atoms with van der Waals surface area (Å²) in [5, 5.41) is 16.2. The Bertz CT molecular complexity index is 688. The summed E-state index contributed by atoms with van der Waals surface area (Å²) in [4.78, 5) is 22.0. The molecule has 0 fully saturated rings. The number of carbonyl (C=O) groups is 1. The lowest BCUT2D eigenvalue weighted by Gasteiger charge is -2.09. The number of nitro groups is 1. The van der Waals surface area contributed by atoms with Crippen LogP contribution in [0.25, 0.3) is 0 Å². The third kappa shape index (κ3) is 4.20. The molecule has 0 atom stereocenters. The molecule has 0 spiro atoms. The monoisotopic (exact) mass is 301 g/mol. The van der Waals surface area contributed by atoms with Crippen molar-refractivity contribution in [3.63, 3.8) is 0 Å². The van der Waals surface area contributed by atoms with Crippen LogP contribution in [0.2, 0.25) is 0 Å². The van der Waals surface area contributed by atoms with Crippen LogP contribution in [-0.4, -0.2) is 24.5 Å². The van der Waals surface area contributed by atoms with Crippen LogP contribution < -0.4 is 15.4 Å². The highest BCUT2D eigenvalue weighted by Gasteiger charge is 2.08. The molecule has 2 N–H and O–H groups in total.